The smallest absolute Gasteiger partial charge is 0.252 e. The van der Waals surface area contributed by atoms with Crippen molar-refractivity contribution in [2.45, 2.75) is 0 Å². The lowest BCUT2D eigenvalue weighted by Crippen LogP contribution is -2.14. The summed E-state index contributed by atoms with van der Waals surface area (Å²) in [7, 11) is 0. The number of carbonyl (C=O) groups excluding carboxylic acids is 1. The molecule has 122 valence electrons. The van der Waals surface area contributed by atoms with Crippen LogP contribution in [-0.2, 0) is 0 Å². The Labute approximate surface area is 143 Å². The Morgan fingerprint density at radius 2 is 1.96 bits per heavy atom. The first-order valence-electron chi connectivity index (χ1n) is 7.63. The molecule has 0 atom stereocenters. The number of amides is 1. The SMILES string of the molecule is NC(=O)c1cccnc1Nc1cccc(-c2cn3ncccc3n2)c1. The summed E-state index contributed by atoms with van der Waals surface area (Å²) in [5, 5.41) is 7.36. The van der Waals surface area contributed by atoms with Crippen molar-refractivity contribution in [1.82, 2.24) is 19.6 Å². The molecule has 3 heterocycles. The van der Waals surface area contributed by atoms with Crippen LogP contribution in [0.5, 0.6) is 0 Å². The third kappa shape index (κ3) is 2.90. The van der Waals surface area contributed by atoms with Crippen LogP contribution in [0.3, 0.4) is 0 Å². The third-order valence-corrected chi connectivity index (χ3v) is 3.73. The van der Waals surface area contributed by atoms with Crippen LogP contribution in [0.1, 0.15) is 10.4 Å². The number of benzene rings is 1. The highest BCUT2D eigenvalue weighted by Crippen LogP contribution is 2.24. The zero-order valence-electron chi connectivity index (χ0n) is 13.1. The normalized spacial score (nSPS) is 10.7. The highest BCUT2D eigenvalue weighted by molar-refractivity contribution is 5.98. The van der Waals surface area contributed by atoms with Gasteiger partial charge in [0.2, 0.25) is 0 Å². The largest absolute Gasteiger partial charge is 0.365 e. The van der Waals surface area contributed by atoms with Crippen LogP contribution in [0, 0.1) is 0 Å². The Bertz CT molecular complexity index is 1040. The van der Waals surface area contributed by atoms with Crippen molar-refractivity contribution in [2.75, 3.05) is 5.32 Å². The number of hydrogen-bond donors (Lipinski definition) is 2. The van der Waals surface area contributed by atoms with Gasteiger partial charge < -0.3 is 11.1 Å². The first-order valence-corrected chi connectivity index (χ1v) is 7.63. The molecule has 7 nitrogen and oxygen atoms in total. The van der Waals surface area contributed by atoms with Gasteiger partial charge >= 0.3 is 0 Å². The van der Waals surface area contributed by atoms with Crippen molar-refractivity contribution in [3.05, 3.63) is 72.7 Å². The molecule has 0 fully saturated rings. The average Bonchev–Trinajstić information content (AvgIpc) is 3.06. The van der Waals surface area contributed by atoms with Crippen LogP contribution in [-0.4, -0.2) is 25.5 Å². The van der Waals surface area contributed by atoms with E-state index in [0.29, 0.717) is 11.4 Å². The molecule has 3 N–H and O–H groups in total. The summed E-state index contributed by atoms with van der Waals surface area (Å²) in [6, 6.07) is 14.7. The maximum atomic E-state index is 11.5. The molecule has 0 radical (unpaired) electrons. The van der Waals surface area contributed by atoms with Gasteiger partial charge in [-0.3, -0.25) is 4.79 Å². The molecule has 25 heavy (non-hydrogen) atoms. The predicted octanol–water partition coefficient (Wildman–Crippen LogP) is 2.63. The fraction of sp³-hybridized carbons (Fsp3) is 0. The lowest BCUT2D eigenvalue weighted by atomic mass is 10.1. The van der Waals surface area contributed by atoms with E-state index in [1.54, 1.807) is 29.0 Å². The van der Waals surface area contributed by atoms with Crippen LogP contribution in [0.4, 0.5) is 11.5 Å². The number of fused-ring (bicyclic) bond motifs is 1. The second-order valence-electron chi connectivity index (χ2n) is 5.42. The molecule has 0 aliphatic heterocycles. The summed E-state index contributed by atoms with van der Waals surface area (Å²) in [5.41, 5.74) is 9.01. The van der Waals surface area contributed by atoms with Gasteiger partial charge in [0, 0.05) is 23.6 Å². The number of nitrogens with one attached hydrogen (secondary N) is 1. The van der Waals surface area contributed by atoms with Crippen LogP contribution in [0.25, 0.3) is 16.9 Å². The number of imidazole rings is 1. The second kappa shape index (κ2) is 6.04. The molecule has 1 aromatic carbocycles. The number of aromatic nitrogens is 4. The van der Waals surface area contributed by atoms with Gasteiger partial charge in [0.15, 0.2) is 5.65 Å². The lowest BCUT2D eigenvalue weighted by Gasteiger charge is -2.09. The van der Waals surface area contributed by atoms with Gasteiger partial charge in [-0.25, -0.2) is 14.5 Å². The molecule has 0 unspecified atom stereocenters. The molecule has 1 amide bonds. The highest BCUT2D eigenvalue weighted by Gasteiger charge is 2.10. The summed E-state index contributed by atoms with van der Waals surface area (Å²) in [6.07, 6.45) is 5.18. The molecule has 7 heteroatoms. The molecule has 4 aromatic rings. The fourth-order valence-corrected chi connectivity index (χ4v) is 2.57. The van der Waals surface area contributed by atoms with Gasteiger partial charge in [-0.2, -0.15) is 5.10 Å². The van der Waals surface area contributed by atoms with E-state index in [0.717, 1.165) is 22.6 Å². The third-order valence-electron chi connectivity index (χ3n) is 3.73. The average molecular weight is 330 g/mol. The number of anilines is 2. The van der Waals surface area contributed by atoms with Crippen molar-refractivity contribution < 1.29 is 4.79 Å². The van der Waals surface area contributed by atoms with Gasteiger partial charge in [-0.05, 0) is 36.4 Å². The van der Waals surface area contributed by atoms with Crippen molar-refractivity contribution in [3.63, 3.8) is 0 Å². The number of nitrogens with two attached hydrogens (primary N) is 1. The molecular weight excluding hydrogens is 316 g/mol. The Hall–Kier alpha value is -3.74. The summed E-state index contributed by atoms with van der Waals surface area (Å²) >= 11 is 0. The zero-order valence-corrected chi connectivity index (χ0v) is 13.1. The van der Waals surface area contributed by atoms with E-state index in [2.05, 4.69) is 20.4 Å². The minimum Gasteiger partial charge on any atom is -0.365 e. The van der Waals surface area contributed by atoms with E-state index in [1.807, 2.05) is 42.6 Å². The van der Waals surface area contributed by atoms with Crippen molar-refractivity contribution in [1.29, 1.82) is 0 Å². The number of carbonyl (C=O) groups is 1. The van der Waals surface area contributed by atoms with Crippen LogP contribution in [0.15, 0.2) is 67.1 Å². The molecule has 0 aliphatic carbocycles. The van der Waals surface area contributed by atoms with Gasteiger partial charge in [-0.1, -0.05) is 12.1 Å². The Morgan fingerprint density at radius 3 is 2.80 bits per heavy atom. The Balaban J connectivity index is 1.69. The quantitative estimate of drug-likeness (QED) is 0.599. The van der Waals surface area contributed by atoms with Crippen LogP contribution < -0.4 is 11.1 Å². The number of nitrogens with zero attached hydrogens (tertiary/aromatic N) is 4. The number of primary amides is 1. The maximum Gasteiger partial charge on any atom is 0.252 e. The first kappa shape index (κ1) is 14.8. The van der Waals surface area contributed by atoms with Crippen LogP contribution >= 0.6 is 0 Å². The topological polar surface area (TPSA) is 98.2 Å². The van der Waals surface area contributed by atoms with Crippen LogP contribution in [0.2, 0.25) is 0 Å². The molecule has 4 rings (SSSR count). The molecular formula is C18H14N6O. The highest BCUT2D eigenvalue weighted by atomic mass is 16.1. The number of rotatable bonds is 4. The monoisotopic (exact) mass is 330 g/mol. The standard InChI is InChI=1S/C18H14N6O/c19-17(25)14-6-2-8-20-18(14)22-13-5-1-4-12(10-13)15-11-24-16(23-15)7-3-9-21-24/h1-11H,(H2,19,25)(H,20,22). The Morgan fingerprint density at radius 1 is 1.08 bits per heavy atom. The van der Waals surface area contributed by atoms with E-state index < -0.39 is 5.91 Å². The summed E-state index contributed by atoms with van der Waals surface area (Å²) in [4.78, 5) is 20.3. The fourth-order valence-electron chi connectivity index (χ4n) is 2.57. The minimum atomic E-state index is -0.529. The molecule has 0 saturated carbocycles. The number of pyridine rings is 1. The zero-order chi connectivity index (χ0) is 17.2. The molecule has 3 aromatic heterocycles. The van der Waals surface area contributed by atoms with Gasteiger partial charge in [0.05, 0.1) is 17.5 Å². The summed E-state index contributed by atoms with van der Waals surface area (Å²) in [5.74, 6) is -0.109. The number of hydrogen-bond acceptors (Lipinski definition) is 5. The van der Waals surface area contributed by atoms with Gasteiger partial charge in [-0.15, -0.1) is 0 Å². The predicted molar refractivity (Wildman–Crippen MR) is 94.5 cm³/mol. The van der Waals surface area contributed by atoms with E-state index in [-0.39, 0.29) is 0 Å². The van der Waals surface area contributed by atoms with Crippen molar-refractivity contribution >= 4 is 23.1 Å². The van der Waals surface area contributed by atoms with Crippen molar-refractivity contribution in [3.8, 4) is 11.3 Å². The van der Waals surface area contributed by atoms with E-state index in [1.165, 1.54) is 0 Å². The molecule has 0 aliphatic rings. The Kier molecular flexibility index (Phi) is 3.59. The first-order chi connectivity index (χ1) is 12.2. The summed E-state index contributed by atoms with van der Waals surface area (Å²) < 4.78 is 1.72. The van der Waals surface area contributed by atoms with Crippen molar-refractivity contribution in [2.24, 2.45) is 5.73 Å². The summed E-state index contributed by atoms with van der Waals surface area (Å²) in [6.45, 7) is 0. The molecule has 0 bridgehead atoms. The maximum absolute atomic E-state index is 11.5. The van der Waals surface area contributed by atoms with E-state index in [4.69, 9.17) is 5.73 Å². The lowest BCUT2D eigenvalue weighted by molar-refractivity contribution is 0.100. The second-order valence-corrected chi connectivity index (χ2v) is 5.42. The van der Waals surface area contributed by atoms with Gasteiger partial charge in [0.1, 0.15) is 5.82 Å². The van der Waals surface area contributed by atoms with E-state index >= 15 is 0 Å². The molecule has 0 saturated heterocycles. The van der Waals surface area contributed by atoms with E-state index in [9.17, 15) is 4.79 Å². The molecule has 0 spiro atoms. The van der Waals surface area contributed by atoms with Gasteiger partial charge in [0.25, 0.3) is 5.91 Å². The minimum absolute atomic E-state index is 0.338.